The molecule has 2 heterocycles. The van der Waals surface area contributed by atoms with Crippen molar-refractivity contribution in [2.24, 2.45) is 5.92 Å². The van der Waals surface area contributed by atoms with Crippen LogP contribution in [0.1, 0.15) is 37.2 Å². The standard InChI is InChI=1S/C15H27N3O/c1-5-14-11(3)17-18(12(14)4)9-15(16-6-2)13-7-8-19-10-13/h13,15-16H,5-10H2,1-4H3. The molecule has 2 atom stereocenters. The summed E-state index contributed by atoms with van der Waals surface area (Å²) in [6, 6.07) is 0.468. The molecule has 0 spiro atoms. The van der Waals surface area contributed by atoms with Gasteiger partial charge in [0.2, 0.25) is 0 Å². The van der Waals surface area contributed by atoms with E-state index in [1.54, 1.807) is 0 Å². The summed E-state index contributed by atoms with van der Waals surface area (Å²) >= 11 is 0. The van der Waals surface area contributed by atoms with Crippen molar-refractivity contribution >= 4 is 0 Å². The largest absolute Gasteiger partial charge is 0.381 e. The highest BCUT2D eigenvalue weighted by molar-refractivity contribution is 5.24. The van der Waals surface area contributed by atoms with E-state index < -0.39 is 0 Å². The number of rotatable bonds is 6. The summed E-state index contributed by atoms with van der Waals surface area (Å²) in [5.74, 6) is 0.619. The van der Waals surface area contributed by atoms with Crippen LogP contribution in [0.15, 0.2) is 0 Å². The highest BCUT2D eigenvalue weighted by Crippen LogP contribution is 2.20. The Balaban J connectivity index is 2.12. The molecule has 1 aliphatic rings. The van der Waals surface area contributed by atoms with Gasteiger partial charge in [0.25, 0.3) is 0 Å². The van der Waals surface area contributed by atoms with Gasteiger partial charge in [-0.05, 0) is 38.8 Å². The van der Waals surface area contributed by atoms with E-state index in [4.69, 9.17) is 9.84 Å². The van der Waals surface area contributed by atoms with E-state index in [-0.39, 0.29) is 0 Å². The van der Waals surface area contributed by atoms with Crippen LogP contribution in [0.4, 0.5) is 0 Å². The van der Waals surface area contributed by atoms with Crippen LogP contribution >= 0.6 is 0 Å². The molecule has 0 radical (unpaired) electrons. The van der Waals surface area contributed by atoms with Gasteiger partial charge in [-0.25, -0.2) is 0 Å². The minimum Gasteiger partial charge on any atom is -0.381 e. The fraction of sp³-hybridized carbons (Fsp3) is 0.800. The van der Waals surface area contributed by atoms with Crippen LogP contribution in [0.2, 0.25) is 0 Å². The lowest BCUT2D eigenvalue weighted by molar-refractivity contribution is 0.173. The first-order chi connectivity index (χ1) is 9.17. The first-order valence-electron chi connectivity index (χ1n) is 7.51. The molecule has 0 saturated carbocycles. The monoisotopic (exact) mass is 265 g/mol. The van der Waals surface area contributed by atoms with E-state index >= 15 is 0 Å². The molecule has 1 N–H and O–H groups in total. The van der Waals surface area contributed by atoms with E-state index in [1.165, 1.54) is 17.0 Å². The van der Waals surface area contributed by atoms with Gasteiger partial charge in [0, 0.05) is 24.3 Å². The van der Waals surface area contributed by atoms with E-state index in [1.807, 2.05) is 0 Å². The molecule has 1 aliphatic heterocycles. The highest BCUT2D eigenvalue weighted by atomic mass is 16.5. The van der Waals surface area contributed by atoms with Crippen LogP contribution in [0.25, 0.3) is 0 Å². The maximum atomic E-state index is 5.53. The van der Waals surface area contributed by atoms with Gasteiger partial charge >= 0.3 is 0 Å². The Hall–Kier alpha value is -0.870. The predicted octanol–water partition coefficient (Wildman–Crippen LogP) is 2.08. The summed E-state index contributed by atoms with van der Waals surface area (Å²) in [4.78, 5) is 0. The van der Waals surface area contributed by atoms with E-state index in [2.05, 4.69) is 37.7 Å². The van der Waals surface area contributed by atoms with Gasteiger partial charge < -0.3 is 10.1 Å². The number of aromatic nitrogens is 2. The maximum absolute atomic E-state index is 5.53. The van der Waals surface area contributed by atoms with Gasteiger partial charge in [-0.2, -0.15) is 5.10 Å². The van der Waals surface area contributed by atoms with Crippen molar-refractivity contribution in [3.05, 3.63) is 17.0 Å². The minimum atomic E-state index is 0.468. The van der Waals surface area contributed by atoms with Gasteiger partial charge in [-0.15, -0.1) is 0 Å². The van der Waals surface area contributed by atoms with Gasteiger partial charge in [-0.3, -0.25) is 4.68 Å². The summed E-state index contributed by atoms with van der Waals surface area (Å²) in [6.07, 6.45) is 2.23. The lowest BCUT2D eigenvalue weighted by atomic mass is 9.99. The van der Waals surface area contributed by atoms with Crippen molar-refractivity contribution < 1.29 is 4.74 Å². The number of aryl methyl sites for hydroxylation is 1. The second-order valence-electron chi connectivity index (χ2n) is 5.47. The van der Waals surface area contributed by atoms with Gasteiger partial charge in [0.15, 0.2) is 0 Å². The van der Waals surface area contributed by atoms with Crippen LogP contribution < -0.4 is 5.32 Å². The number of nitrogens with zero attached hydrogens (tertiary/aromatic N) is 2. The zero-order valence-electron chi connectivity index (χ0n) is 12.7. The van der Waals surface area contributed by atoms with Crippen molar-refractivity contribution in [3.63, 3.8) is 0 Å². The molecule has 2 unspecified atom stereocenters. The molecule has 2 rings (SSSR count). The molecule has 1 aromatic heterocycles. The summed E-state index contributed by atoms with van der Waals surface area (Å²) in [5, 5.41) is 8.32. The van der Waals surface area contributed by atoms with Crippen LogP contribution in [-0.4, -0.2) is 35.6 Å². The van der Waals surface area contributed by atoms with Crippen LogP contribution in [-0.2, 0) is 17.7 Å². The zero-order valence-corrected chi connectivity index (χ0v) is 12.7. The molecule has 0 aliphatic carbocycles. The lowest BCUT2D eigenvalue weighted by Gasteiger charge is -2.24. The molecular formula is C15H27N3O. The Morgan fingerprint density at radius 3 is 2.74 bits per heavy atom. The molecule has 1 fully saturated rings. The van der Waals surface area contributed by atoms with Crippen molar-refractivity contribution in [1.82, 2.24) is 15.1 Å². The van der Waals surface area contributed by atoms with E-state index in [0.717, 1.165) is 39.1 Å². The number of hydrogen-bond acceptors (Lipinski definition) is 3. The molecule has 0 amide bonds. The number of nitrogens with one attached hydrogen (secondary N) is 1. The third-order valence-corrected chi connectivity index (χ3v) is 4.25. The van der Waals surface area contributed by atoms with E-state index in [0.29, 0.717) is 12.0 Å². The molecule has 0 bridgehead atoms. The maximum Gasteiger partial charge on any atom is 0.0628 e. The van der Waals surface area contributed by atoms with Crippen molar-refractivity contribution in [2.45, 2.75) is 53.1 Å². The Kier molecular flexibility index (Phi) is 4.99. The lowest BCUT2D eigenvalue weighted by Crippen LogP contribution is -2.40. The second kappa shape index (κ2) is 6.53. The van der Waals surface area contributed by atoms with Crippen LogP contribution in [0, 0.1) is 19.8 Å². The Morgan fingerprint density at radius 2 is 2.21 bits per heavy atom. The third-order valence-electron chi connectivity index (χ3n) is 4.25. The van der Waals surface area contributed by atoms with Crippen LogP contribution in [0.3, 0.4) is 0 Å². The van der Waals surface area contributed by atoms with Gasteiger partial charge in [0.1, 0.15) is 0 Å². The molecule has 4 heteroatoms. The third kappa shape index (κ3) is 3.18. The molecule has 0 aromatic carbocycles. The predicted molar refractivity (Wildman–Crippen MR) is 77.5 cm³/mol. The SMILES string of the molecule is CCNC(Cn1nc(C)c(CC)c1C)C1CCOC1. The smallest absolute Gasteiger partial charge is 0.0628 e. The summed E-state index contributed by atoms with van der Waals surface area (Å²) in [6.45, 7) is 12.4. The summed E-state index contributed by atoms with van der Waals surface area (Å²) < 4.78 is 7.71. The first-order valence-corrected chi connectivity index (χ1v) is 7.51. The fourth-order valence-corrected chi connectivity index (χ4v) is 3.12. The van der Waals surface area contributed by atoms with Crippen molar-refractivity contribution in [2.75, 3.05) is 19.8 Å². The number of ether oxygens (including phenoxy) is 1. The van der Waals surface area contributed by atoms with Crippen LogP contribution in [0.5, 0.6) is 0 Å². The molecule has 19 heavy (non-hydrogen) atoms. The van der Waals surface area contributed by atoms with Gasteiger partial charge in [-0.1, -0.05) is 13.8 Å². The second-order valence-corrected chi connectivity index (χ2v) is 5.47. The van der Waals surface area contributed by atoms with Crippen molar-refractivity contribution in [1.29, 1.82) is 0 Å². The summed E-state index contributed by atoms with van der Waals surface area (Å²) in [7, 11) is 0. The average Bonchev–Trinajstić information content (AvgIpc) is 2.99. The Labute approximate surface area is 116 Å². The van der Waals surface area contributed by atoms with Gasteiger partial charge in [0.05, 0.1) is 18.8 Å². The molecular weight excluding hydrogens is 238 g/mol. The zero-order chi connectivity index (χ0) is 13.8. The highest BCUT2D eigenvalue weighted by Gasteiger charge is 2.26. The number of likely N-dealkylation sites (N-methyl/N-ethyl adjacent to an activating group) is 1. The number of hydrogen-bond donors (Lipinski definition) is 1. The fourth-order valence-electron chi connectivity index (χ4n) is 3.12. The average molecular weight is 265 g/mol. The first kappa shape index (κ1) is 14.5. The Morgan fingerprint density at radius 1 is 1.42 bits per heavy atom. The molecule has 108 valence electrons. The quantitative estimate of drug-likeness (QED) is 0.856. The summed E-state index contributed by atoms with van der Waals surface area (Å²) in [5.41, 5.74) is 3.90. The topological polar surface area (TPSA) is 39.1 Å². The Bertz CT molecular complexity index is 408. The van der Waals surface area contributed by atoms with Crippen molar-refractivity contribution in [3.8, 4) is 0 Å². The minimum absolute atomic E-state index is 0.468. The molecule has 1 aromatic rings. The normalized spacial score (nSPS) is 20.9. The molecule has 4 nitrogen and oxygen atoms in total. The molecule has 1 saturated heterocycles. The van der Waals surface area contributed by atoms with E-state index in [9.17, 15) is 0 Å².